The van der Waals surface area contributed by atoms with E-state index < -0.39 is 23.6 Å². The first-order valence-corrected chi connectivity index (χ1v) is 9.35. The Balaban J connectivity index is 1.69. The fraction of sp³-hybridized carbons (Fsp3) is 0. The molecule has 9 heteroatoms. The molecule has 1 saturated heterocycles. The second-order valence-electron chi connectivity index (χ2n) is 6.49. The largest absolute Gasteiger partial charge is 0.478 e. The van der Waals surface area contributed by atoms with E-state index in [1.807, 2.05) is 0 Å². The molecule has 31 heavy (non-hydrogen) atoms. The first kappa shape index (κ1) is 20.2. The number of hydrogen-bond donors (Lipinski definition) is 2. The van der Waals surface area contributed by atoms with E-state index in [9.17, 15) is 23.9 Å². The first-order chi connectivity index (χ1) is 14.8. The molecule has 0 bridgehead atoms. The Morgan fingerprint density at radius 1 is 1.06 bits per heavy atom. The van der Waals surface area contributed by atoms with Crippen molar-refractivity contribution >= 4 is 46.9 Å². The summed E-state index contributed by atoms with van der Waals surface area (Å²) in [6.45, 7) is 0. The Morgan fingerprint density at radius 3 is 2.48 bits per heavy atom. The molecule has 7 nitrogen and oxygen atoms in total. The highest BCUT2D eigenvalue weighted by molar-refractivity contribution is 7.80. The van der Waals surface area contributed by atoms with Gasteiger partial charge in [0.05, 0.1) is 11.3 Å². The third-order valence-corrected chi connectivity index (χ3v) is 4.81. The van der Waals surface area contributed by atoms with Crippen LogP contribution in [0, 0.1) is 5.82 Å². The summed E-state index contributed by atoms with van der Waals surface area (Å²) < 4.78 is 18.9. The van der Waals surface area contributed by atoms with Gasteiger partial charge in [-0.05, 0) is 60.8 Å². The van der Waals surface area contributed by atoms with Gasteiger partial charge >= 0.3 is 5.97 Å². The number of anilines is 1. The van der Waals surface area contributed by atoms with Crippen LogP contribution >= 0.6 is 12.2 Å². The van der Waals surface area contributed by atoms with Crippen LogP contribution in [0.25, 0.3) is 17.4 Å². The van der Waals surface area contributed by atoms with E-state index in [0.717, 1.165) is 4.90 Å². The predicted octanol–water partition coefficient (Wildman–Crippen LogP) is 3.62. The first-order valence-electron chi connectivity index (χ1n) is 8.94. The van der Waals surface area contributed by atoms with E-state index in [-0.39, 0.29) is 33.5 Å². The quantitative estimate of drug-likeness (QED) is 0.368. The molecular weight excluding hydrogens is 423 g/mol. The van der Waals surface area contributed by atoms with E-state index >= 15 is 0 Å². The highest BCUT2D eigenvalue weighted by Crippen LogP contribution is 2.28. The molecule has 0 unspecified atom stereocenters. The number of thiocarbonyl (C=S) groups is 1. The number of nitrogens with one attached hydrogen (secondary N) is 1. The summed E-state index contributed by atoms with van der Waals surface area (Å²) in [4.78, 5) is 37.8. The maximum Gasteiger partial charge on any atom is 0.336 e. The molecule has 2 amide bonds. The summed E-state index contributed by atoms with van der Waals surface area (Å²) in [5.74, 6) is -2.58. The SMILES string of the molecule is O=C1NC(=S)N(c2ccc(F)cc2)C(=O)/C1=C\c1ccc(-c2ccccc2C(=O)O)o1. The lowest BCUT2D eigenvalue weighted by atomic mass is 10.1. The van der Waals surface area contributed by atoms with Gasteiger partial charge in [0.15, 0.2) is 5.11 Å². The van der Waals surface area contributed by atoms with Crippen molar-refractivity contribution in [2.45, 2.75) is 0 Å². The third-order valence-electron chi connectivity index (χ3n) is 4.52. The lowest BCUT2D eigenvalue weighted by Crippen LogP contribution is -2.54. The molecule has 0 aliphatic carbocycles. The van der Waals surface area contributed by atoms with Gasteiger partial charge < -0.3 is 9.52 Å². The molecule has 0 spiro atoms. The molecular formula is C22H13FN2O5S. The van der Waals surface area contributed by atoms with Crippen LogP contribution < -0.4 is 10.2 Å². The third kappa shape index (κ3) is 3.86. The number of furan rings is 1. The molecule has 2 N–H and O–H groups in total. The van der Waals surface area contributed by atoms with Crippen LogP contribution in [0.15, 0.2) is 70.7 Å². The molecule has 1 fully saturated rings. The molecule has 1 aliphatic heterocycles. The number of nitrogens with zero attached hydrogens (tertiary/aromatic N) is 1. The molecule has 1 aromatic heterocycles. The normalized spacial score (nSPS) is 15.3. The lowest BCUT2D eigenvalue weighted by molar-refractivity contribution is -0.122. The number of carboxylic acid groups (broad SMARTS) is 1. The maximum atomic E-state index is 13.2. The van der Waals surface area contributed by atoms with Gasteiger partial charge in [-0.2, -0.15) is 0 Å². The second-order valence-corrected chi connectivity index (χ2v) is 6.87. The number of halogens is 1. The van der Waals surface area contributed by atoms with E-state index in [4.69, 9.17) is 16.6 Å². The number of rotatable bonds is 4. The standard InChI is InChI=1S/C22H13FN2O5S/c23-12-5-7-13(8-6-12)25-20(27)17(19(26)24-22(25)31)11-14-9-10-18(30-14)15-3-1-2-4-16(15)21(28)29/h1-11H,(H,28,29)(H,24,26,31)/b17-11-. The Kier molecular flexibility index (Phi) is 5.18. The molecule has 0 saturated carbocycles. The minimum atomic E-state index is -1.11. The fourth-order valence-electron chi connectivity index (χ4n) is 3.08. The highest BCUT2D eigenvalue weighted by Gasteiger charge is 2.34. The zero-order valence-electron chi connectivity index (χ0n) is 15.7. The van der Waals surface area contributed by atoms with Gasteiger partial charge in [0.1, 0.15) is 22.9 Å². The molecule has 0 radical (unpaired) electrons. The number of hydrogen-bond acceptors (Lipinski definition) is 5. The number of benzene rings is 2. The van der Waals surface area contributed by atoms with Crippen molar-refractivity contribution in [3.63, 3.8) is 0 Å². The van der Waals surface area contributed by atoms with Gasteiger partial charge in [-0.15, -0.1) is 0 Å². The average molecular weight is 436 g/mol. The Hall–Kier alpha value is -4.11. The van der Waals surface area contributed by atoms with Crippen LogP contribution in [-0.2, 0) is 9.59 Å². The number of carbonyl (C=O) groups is 3. The molecule has 0 atom stereocenters. The van der Waals surface area contributed by atoms with Crippen molar-refractivity contribution in [3.8, 4) is 11.3 Å². The van der Waals surface area contributed by atoms with Crippen LogP contribution in [0.2, 0.25) is 0 Å². The summed E-state index contributed by atoms with van der Waals surface area (Å²) in [6.07, 6.45) is 1.24. The summed E-state index contributed by atoms with van der Waals surface area (Å²) in [5.41, 5.74) is 0.451. The van der Waals surface area contributed by atoms with Crippen molar-refractivity contribution in [3.05, 3.63) is 83.4 Å². The molecule has 3 aromatic rings. The van der Waals surface area contributed by atoms with Crippen LogP contribution in [0.3, 0.4) is 0 Å². The molecule has 2 heterocycles. The van der Waals surface area contributed by atoms with E-state index in [0.29, 0.717) is 5.56 Å². The van der Waals surface area contributed by atoms with Crippen LogP contribution in [0.4, 0.5) is 10.1 Å². The molecule has 4 rings (SSSR count). The predicted molar refractivity (Wildman–Crippen MR) is 114 cm³/mol. The number of carbonyl (C=O) groups excluding carboxylic acids is 2. The van der Waals surface area contributed by atoms with E-state index in [1.165, 1.54) is 42.5 Å². The summed E-state index contributed by atoms with van der Waals surface area (Å²) >= 11 is 5.09. The van der Waals surface area contributed by atoms with Crippen LogP contribution in [0.5, 0.6) is 0 Å². The fourth-order valence-corrected chi connectivity index (χ4v) is 3.37. The monoisotopic (exact) mass is 436 g/mol. The van der Waals surface area contributed by atoms with Crippen LogP contribution in [0.1, 0.15) is 16.1 Å². The van der Waals surface area contributed by atoms with Crippen molar-refractivity contribution in [2.24, 2.45) is 0 Å². The van der Waals surface area contributed by atoms with Gasteiger partial charge in [0.2, 0.25) is 0 Å². The minimum absolute atomic E-state index is 0.0513. The van der Waals surface area contributed by atoms with Gasteiger partial charge in [-0.25, -0.2) is 9.18 Å². The molecule has 154 valence electrons. The maximum absolute atomic E-state index is 13.2. The molecule has 1 aliphatic rings. The van der Waals surface area contributed by atoms with E-state index in [1.54, 1.807) is 24.3 Å². The Bertz CT molecular complexity index is 1260. The lowest BCUT2D eigenvalue weighted by Gasteiger charge is -2.28. The number of carboxylic acids is 1. The van der Waals surface area contributed by atoms with Crippen molar-refractivity contribution in [2.75, 3.05) is 4.90 Å². The zero-order chi connectivity index (χ0) is 22.1. The number of aromatic carboxylic acids is 1. The summed E-state index contributed by atoms with van der Waals surface area (Å²) in [7, 11) is 0. The second kappa shape index (κ2) is 7.96. The van der Waals surface area contributed by atoms with Crippen molar-refractivity contribution in [1.29, 1.82) is 0 Å². The van der Waals surface area contributed by atoms with Gasteiger partial charge in [-0.1, -0.05) is 18.2 Å². The van der Waals surface area contributed by atoms with Gasteiger partial charge in [0, 0.05) is 5.56 Å². The average Bonchev–Trinajstić information content (AvgIpc) is 3.21. The summed E-state index contributed by atoms with van der Waals surface area (Å²) in [6, 6.07) is 14.4. The topological polar surface area (TPSA) is 99.9 Å². The smallest absolute Gasteiger partial charge is 0.336 e. The van der Waals surface area contributed by atoms with Crippen molar-refractivity contribution in [1.82, 2.24) is 5.32 Å². The van der Waals surface area contributed by atoms with E-state index in [2.05, 4.69) is 5.32 Å². The van der Waals surface area contributed by atoms with Gasteiger partial charge in [-0.3, -0.25) is 19.8 Å². The van der Waals surface area contributed by atoms with Gasteiger partial charge in [0.25, 0.3) is 11.8 Å². The zero-order valence-corrected chi connectivity index (χ0v) is 16.5. The Labute approximate surface area is 180 Å². The number of amides is 2. The minimum Gasteiger partial charge on any atom is -0.478 e. The summed E-state index contributed by atoms with van der Waals surface area (Å²) in [5, 5.41) is 11.6. The Morgan fingerprint density at radius 2 is 1.77 bits per heavy atom. The van der Waals surface area contributed by atoms with Crippen molar-refractivity contribution < 1.29 is 28.3 Å². The highest BCUT2D eigenvalue weighted by atomic mass is 32.1. The molecule has 2 aromatic carbocycles. The van der Waals surface area contributed by atoms with Crippen LogP contribution in [-0.4, -0.2) is 28.0 Å².